The van der Waals surface area contributed by atoms with E-state index in [0.29, 0.717) is 16.8 Å². The molecule has 3 rings (SSSR count). The number of amides is 2. The van der Waals surface area contributed by atoms with Crippen molar-refractivity contribution in [2.45, 2.75) is 6.04 Å². The third-order valence-corrected chi connectivity index (χ3v) is 4.43. The van der Waals surface area contributed by atoms with Gasteiger partial charge in [0, 0.05) is 0 Å². The van der Waals surface area contributed by atoms with Crippen LogP contribution in [0, 0.1) is 0 Å². The van der Waals surface area contributed by atoms with E-state index in [4.69, 9.17) is 21.1 Å². The van der Waals surface area contributed by atoms with Gasteiger partial charge in [0.1, 0.15) is 0 Å². The number of urea groups is 1. The fourth-order valence-electron chi connectivity index (χ4n) is 2.89. The molecule has 140 valence electrons. The molecule has 0 saturated heterocycles. The molecule has 2 aromatic carbocycles. The SMILES string of the molecule is COC(=O)C1=C(c2ccccc2)NC(=O)NC1c1cc(Cl)c(O)c(OC)c1. The summed E-state index contributed by atoms with van der Waals surface area (Å²) in [6.45, 7) is 0. The van der Waals surface area contributed by atoms with Gasteiger partial charge >= 0.3 is 12.0 Å². The van der Waals surface area contributed by atoms with E-state index < -0.39 is 18.0 Å². The van der Waals surface area contributed by atoms with Crippen molar-refractivity contribution < 1.29 is 24.2 Å². The van der Waals surface area contributed by atoms with Crippen LogP contribution >= 0.6 is 11.6 Å². The zero-order valence-electron chi connectivity index (χ0n) is 14.6. The fourth-order valence-corrected chi connectivity index (χ4v) is 3.11. The van der Waals surface area contributed by atoms with Crippen molar-refractivity contribution in [1.82, 2.24) is 10.6 Å². The molecular weight excluding hydrogens is 372 g/mol. The number of esters is 1. The minimum atomic E-state index is -0.853. The molecule has 1 aliphatic heterocycles. The zero-order valence-corrected chi connectivity index (χ0v) is 15.3. The molecule has 2 amide bonds. The number of aromatic hydroxyl groups is 1. The van der Waals surface area contributed by atoms with Crippen LogP contribution < -0.4 is 15.4 Å². The highest BCUT2D eigenvalue weighted by molar-refractivity contribution is 6.32. The Morgan fingerprint density at radius 3 is 2.52 bits per heavy atom. The van der Waals surface area contributed by atoms with Gasteiger partial charge in [0.15, 0.2) is 11.5 Å². The molecule has 2 aromatic rings. The summed E-state index contributed by atoms with van der Waals surface area (Å²) in [6.07, 6.45) is 0. The average Bonchev–Trinajstić information content (AvgIpc) is 2.69. The predicted molar refractivity (Wildman–Crippen MR) is 99.5 cm³/mol. The number of benzene rings is 2. The van der Waals surface area contributed by atoms with Crippen LogP contribution in [0.5, 0.6) is 11.5 Å². The summed E-state index contributed by atoms with van der Waals surface area (Å²) < 4.78 is 10.1. The minimum absolute atomic E-state index is 0.0302. The van der Waals surface area contributed by atoms with Crippen molar-refractivity contribution in [3.8, 4) is 11.5 Å². The Bertz CT molecular complexity index is 927. The maximum Gasteiger partial charge on any atom is 0.338 e. The van der Waals surface area contributed by atoms with Crippen molar-refractivity contribution in [2.75, 3.05) is 14.2 Å². The summed E-state index contributed by atoms with van der Waals surface area (Å²) in [5.74, 6) is -0.722. The van der Waals surface area contributed by atoms with Gasteiger partial charge in [0.25, 0.3) is 0 Å². The quantitative estimate of drug-likeness (QED) is 0.699. The fraction of sp³-hybridized carbons (Fsp3) is 0.158. The highest BCUT2D eigenvalue weighted by Gasteiger charge is 2.34. The van der Waals surface area contributed by atoms with Crippen LogP contribution in [0.4, 0.5) is 4.79 Å². The van der Waals surface area contributed by atoms with E-state index in [9.17, 15) is 14.7 Å². The van der Waals surface area contributed by atoms with Crippen LogP contribution in [0.2, 0.25) is 5.02 Å². The maximum absolute atomic E-state index is 12.6. The number of phenolic OH excluding ortho intramolecular Hbond substituents is 1. The summed E-state index contributed by atoms with van der Waals surface area (Å²) in [5, 5.41) is 15.4. The van der Waals surface area contributed by atoms with Crippen LogP contribution in [0.1, 0.15) is 17.2 Å². The minimum Gasteiger partial charge on any atom is -0.503 e. The van der Waals surface area contributed by atoms with Crippen molar-refractivity contribution in [2.24, 2.45) is 0 Å². The molecule has 0 spiro atoms. The van der Waals surface area contributed by atoms with E-state index in [-0.39, 0.29) is 22.1 Å². The lowest BCUT2D eigenvalue weighted by molar-refractivity contribution is -0.136. The number of hydrogen-bond donors (Lipinski definition) is 3. The van der Waals surface area contributed by atoms with E-state index in [1.165, 1.54) is 26.4 Å². The molecule has 0 aromatic heterocycles. The van der Waals surface area contributed by atoms with Gasteiger partial charge in [0.05, 0.1) is 36.6 Å². The van der Waals surface area contributed by atoms with E-state index in [1.54, 1.807) is 24.3 Å². The van der Waals surface area contributed by atoms with E-state index >= 15 is 0 Å². The third-order valence-electron chi connectivity index (χ3n) is 4.14. The number of methoxy groups -OCH3 is 2. The molecule has 0 bridgehead atoms. The van der Waals surface area contributed by atoms with Crippen molar-refractivity contribution >= 4 is 29.3 Å². The first kappa shape index (κ1) is 18.6. The highest BCUT2D eigenvalue weighted by Crippen LogP contribution is 2.40. The number of phenols is 1. The molecule has 1 unspecified atom stereocenters. The molecule has 0 fully saturated rings. The standard InChI is InChI=1S/C19H17ClN2O5/c1-26-13-9-11(8-12(20)17(13)23)16-14(18(24)27-2)15(21-19(25)22-16)10-6-4-3-5-7-10/h3-9,16,23H,1-2H3,(H2,21,22,25). The second kappa shape index (κ2) is 7.59. The lowest BCUT2D eigenvalue weighted by atomic mass is 9.92. The molecule has 8 heteroatoms. The number of ether oxygens (including phenoxy) is 2. The van der Waals surface area contributed by atoms with Gasteiger partial charge in [0.2, 0.25) is 0 Å². The van der Waals surface area contributed by atoms with E-state index in [0.717, 1.165) is 0 Å². The smallest absolute Gasteiger partial charge is 0.338 e. The van der Waals surface area contributed by atoms with Crippen molar-refractivity contribution in [1.29, 1.82) is 0 Å². The molecule has 0 aliphatic carbocycles. The Morgan fingerprint density at radius 1 is 1.19 bits per heavy atom. The first-order valence-electron chi connectivity index (χ1n) is 7.98. The van der Waals surface area contributed by atoms with Gasteiger partial charge in [-0.25, -0.2) is 9.59 Å². The van der Waals surface area contributed by atoms with Crippen molar-refractivity contribution in [3.63, 3.8) is 0 Å². The summed E-state index contributed by atoms with van der Waals surface area (Å²) in [6, 6.07) is 10.6. The van der Waals surface area contributed by atoms with E-state index in [1.807, 2.05) is 6.07 Å². The molecule has 3 N–H and O–H groups in total. The van der Waals surface area contributed by atoms with Crippen LogP contribution in [-0.2, 0) is 9.53 Å². The first-order chi connectivity index (χ1) is 13.0. The number of halogens is 1. The van der Waals surface area contributed by atoms with Gasteiger partial charge in [-0.15, -0.1) is 0 Å². The van der Waals surface area contributed by atoms with Crippen LogP contribution in [0.3, 0.4) is 0 Å². The van der Waals surface area contributed by atoms with Crippen molar-refractivity contribution in [3.05, 3.63) is 64.2 Å². The second-order valence-corrected chi connectivity index (χ2v) is 6.14. The topological polar surface area (TPSA) is 96.9 Å². The normalized spacial score (nSPS) is 16.4. The van der Waals surface area contributed by atoms with E-state index in [2.05, 4.69) is 10.6 Å². The van der Waals surface area contributed by atoms with Crippen LogP contribution in [0.25, 0.3) is 5.70 Å². The second-order valence-electron chi connectivity index (χ2n) is 5.73. The Morgan fingerprint density at radius 2 is 1.89 bits per heavy atom. The maximum atomic E-state index is 12.6. The molecule has 7 nitrogen and oxygen atoms in total. The predicted octanol–water partition coefficient (Wildman–Crippen LogP) is 2.99. The molecule has 1 aliphatic rings. The number of nitrogens with one attached hydrogen (secondary N) is 2. The lowest BCUT2D eigenvalue weighted by Gasteiger charge is -2.29. The average molecular weight is 389 g/mol. The Hall–Kier alpha value is -3.19. The largest absolute Gasteiger partial charge is 0.503 e. The summed E-state index contributed by atoms with van der Waals surface area (Å²) in [4.78, 5) is 24.8. The number of carbonyl (C=O) groups is 2. The van der Waals surface area contributed by atoms with Gasteiger partial charge in [-0.1, -0.05) is 41.9 Å². The monoisotopic (exact) mass is 388 g/mol. The molecule has 0 saturated carbocycles. The van der Waals surface area contributed by atoms with Crippen LogP contribution in [-0.4, -0.2) is 31.3 Å². The zero-order chi connectivity index (χ0) is 19.6. The van der Waals surface area contributed by atoms with Gasteiger partial charge in [-0.05, 0) is 23.3 Å². The van der Waals surface area contributed by atoms with Crippen LogP contribution in [0.15, 0.2) is 48.0 Å². The first-order valence-corrected chi connectivity index (χ1v) is 8.35. The summed E-state index contributed by atoms with van der Waals surface area (Å²) in [5.41, 5.74) is 1.64. The molecule has 1 heterocycles. The Balaban J connectivity index is 2.23. The number of hydrogen-bond acceptors (Lipinski definition) is 5. The van der Waals surface area contributed by atoms with Gasteiger partial charge < -0.3 is 25.2 Å². The molecule has 1 atom stereocenters. The summed E-state index contributed by atoms with van der Waals surface area (Å²) >= 11 is 6.08. The molecular formula is C19H17ClN2O5. The van der Waals surface area contributed by atoms with Gasteiger partial charge in [-0.3, -0.25) is 0 Å². The Kier molecular flexibility index (Phi) is 5.23. The Labute approximate surface area is 160 Å². The highest BCUT2D eigenvalue weighted by atomic mass is 35.5. The molecule has 0 radical (unpaired) electrons. The number of rotatable bonds is 4. The van der Waals surface area contributed by atoms with Gasteiger partial charge in [-0.2, -0.15) is 0 Å². The summed E-state index contributed by atoms with van der Waals surface area (Å²) in [7, 11) is 2.64. The lowest BCUT2D eigenvalue weighted by Crippen LogP contribution is -2.45. The number of carbonyl (C=O) groups excluding carboxylic acids is 2. The molecule has 27 heavy (non-hydrogen) atoms. The third kappa shape index (κ3) is 3.54.